The summed E-state index contributed by atoms with van der Waals surface area (Å²) in [7, 11) is -1.68. The van der Waals surface area contributed by atoms with E-state index < -0.39 is 25.7 Å². The Morgan fingerprint density at radius 1 is 1.17 bits per heavy atom. The molecule has 0 saturated carbocycles. The summed E-state index contributed by atoms with van der Waals surface area (Å²) in [6, 6.07) is 10.3. The summed E-state index contributed by atoms with van der Waals surface area (Å²) in [6.07, 6.45) is 1.23. The third-order valence-corrected chi connectivity index (χ3v) is 6.06. The highest BCUT2D eigenvalue weighted by atomic mass is 28.3. The molecule has 0 spiro atoms. The molecule has 6 heteroatoms. The van der Waals surface area contributed by atoms with Crippen LogP contribution in [-0.4, -0.2) is 38.9 Å². The number of esters is 1. The lowest BCUT2D eigenvalue weighted by Crippen LogP contribution is -2.39. The lowest BCUT2D eigenvalue weighted by atomic mass is 10.2. The molecule has 0 aliphatic heterocycles. The molecule has 0 bridgehead atoms. The number of carbonyl (C=O) groups is 2. The van der Waals surface area contributed by atoms with Crippen molar-refractivity contribution in [3.63, 3.8) is 0 Å². The number of benzene rings is 1. The number of rotatable bonds is 6. The highest BCUT2D eigenvalue weighted by Crippen LogP contribution is 2.06. The molecule has 1 aromatic rings. The molecule has 0 fully saturated rings. The van der Waals surface area contributed by atoms with Crippen LogP contribution in [-0.2, 0) is 14.3 Å². The molecule has 0 aliphatic rings. The van der Waals surface area contributed by atoms with Gasteiger partial charge in [0.1, 0.15) is 26.8 Å². The molecule has 0 aromatic heterocycles. The van der Waals surface area contributed by atoms with Crippen molar-refractivity contribution in [2.24, 2.45) is 0 Å². The normalized spacial score (nSPS) is 12.0. The average molecular weight is 350 g/mol. The summed E-state index contributed by atoms with van der Waals surface area (Å²) in [5.74, 6) is -0.496. The highest BCUT2D eigenvalue weighted by molar-refractivity contribution is 6.93. The lowest BCUT2D eigenvalue weighted by Gasteiger charge is -2.19. The molecule has 0 unspecified atom stereocenters. The lowest BCUT2D eigenvalue weighted by molar-refractivity contribution is -0.141. The number of nitrogens with one attached hydrogen (secondary N) is 1. The Morgan fingerprint density at radius 3 is 2.38 bits per heavy atom. The van der Waals surface area contributed by atoms with E-state index in [2.05, 4.69) is 36.2 Å². The number of alkyl carbamates (subject to hydrolysis) is 1. The van der Waals surface area contributed by atoms with Crippen molar-refractivity contribution in [3.8, 4) is 0 Å². The molecule has 1 N–H and O–H groups in total. The molecular formula is C18H27NO4Si. The molecule has 24 heavy (non-hydrogen) atoms. The van der Waals surface area contributed by atoms with Crippen LogP contribution < -0.4 is 10.5 Å². The van der Waals surface area contributed by atoms with Gasteiger partial charge in [0.05, 0.1) is 0 Å². The minimum absolute atomic E-state index is 0.193. The maximum absolute atomic E-state index is 11.6. The Hall–Kier alpha value is -2.08. The molecular weight excluding hydrogens is 322 g/mol. The van der Waals surface area contributed by atoms with Gasteiger partial charge in [0.2, 0.25) is 0 Å². The standard InChI is InChI=1S/C18H27NO4Si/c1-18(2,3)23-17(21)19-14-16(20)22-12-9-13-24(4,5)15-10-7-6-8-11-15/h6-11,13H,12,14H2,1-5H3,(H,19,21)/b13-9+. The molecule has 0 aliphatic carbocycles. The van der Waals surface area contributed by atoms with Crippen LogP contribution in [0.1, 0.15) is 20.8 Å². The van der Waals surface area contributed by atoms with Gasteiger partial charge in [-0.3, -0.25) is 4.79 Å². The molecule has 0 atom stereocenters. The van der Waals surface area contributed by atoms with Gasteiger partial charge in [-0.25, -0.2) is 4.79 Å². The van der Waals surface area contributed by atoms with E-state index in [1.54, 1.807) is 20.8 Å². The fraction of sp³-hybridized carbons (Fsp3) is 0.444. The fourth-order valence-electron chi connectivity index (χ4n) is 1.96. The highest BCUT2D eigenvalue weighted by Gasteiger charge is 2.19. The summed E-state index contributed by atoms with van der Waals surface area (Å²) in [6.45, 7) is 9.71. The van der Waals surface area contributed by atoms with Crippen molar-refractivity contribution in [2.45, 2.75) is 39.5 Å². The Balaban J connectivity index is 2.34. The largest absolute Gasteiger partial charge is 0.460 e. The van der Waals surface area contributed by atoms with E-state index in [-0.39, 0.29) is 13.2 Å². The monoisotopic (exact) mass is 349 g/mol. The van der Waals surface area contributed by atoms with Crippen LogP contribution in [0.3, 0.4) is 0 Å². The molecule has 132 valence electrons. The van der Waals surface area contributed by atoms with Crippen LogP contribution in [0.2, 0.25) is 13.1 Å². The van der Waals surface area contributed by atoms with E-state index in [0.717, 1.165) is 0 Å². The van der Waals surface area contributed by atoms with Gasteiger partial charge in [-0.05, 0) is 20.8 Å². The van der Waals surface area contributed by atoms with E-state index >= 15 is 0 Å². The van der Waals surface area contributed by atoms with Crippen LogP contribution in [0.5, 0.6) is 0 Å². The Kier molecular flexibility index (Phi) is 7.22. The Morgan fingerprint density at radius 2 is 1.79 bits per heavy atom. The maximum atomic E-state index is 11.6. The van der Waals surface area contributed by atoms with Crippen LogP contribution in [0.25, 0.3) is 0 Å². The van der Waals surface area contributed by atoms with E-state index in [1.165, 1.54) is 5.19 Å². The Labute approximate surface area is 145 Å². The predicted octanol–water partition coefficient (Wildman–Crippen LogP) is 2.77. The second-order valence-corrected chi connectivity index (χ2v) is 11.4. The van der Waals surface area contributed by atoms with E-state index in [4.69, 9.17) is 9.47 Å². The zero-order valence-corrected chi connectivity index (χ0v) is 16.1. The Bertz CT molecular complexity index is 576. The number of amides is 1. The molecule has 0 saturated heterocycles. The van der Waals surface area contributed by atoms with Gasteiger partial charge in [0.25, 0.3) is 0 Å². The quantitative estimate of drug-likeness (QED) is 0.633. The van der Waals surface area contributed by atoms with Gasteiger partial charge in [-0.1, -0.05) is 60.4 Å². The van der Waals surface area contributed by atoms with Gasteiger partial charge in [0.15, 0.2) is 0 Å². The van der Waals surface area contributed by atoms with Gasteiger partial charge < -0.3 is 14.8 Å². The maximum Gasteiger partial charge on any atom is 0.408 e. The summed E-state index contributed by atoms with van der Waals surface area (Å²) >= 11 is 0. The van der Waals surface area contributed by atoms with E-state index in [0.29, 0.717) is 0 Å². The van der Waals surface area contributed by atoms with Gasteiger partial charge in [-0.2, -0.15) is 0 Å². The number of ether oxygens (including phenoxy) is 2. The van der Waals surface area contributed by atoms with Crippen molar-refractivity contribution in [3.05, 3.63) is 42.1 Å². The van der Waals surface area contributed by atoms with Crippen molar-refractivity contribution in [1.82, 2.24) is 5.32 Å². The van der Waals surface area contributed by atoms with Crippen LogP contribution in [0.4, 0.5) is 4.79 Å². The molecule has 1 aromatic carbocycles. The second-order valence-electron chi connectivity index (χ2n) is 7.03. The zero-order valence-electron chi connectivity index (χ0n) is 15.1. The summed E-state index contributed by atoms with van der Waals surface area (Å²) in [5, 5.41) is 3.69. The molecule has 5 nitrogen and oxygen atoms in total. The zero-order chi connectivity index (χ0) is 18.2. The van der Waals surface area contributed by atoms with Crippen molar-refractivity contribution >= 4 is 25.3 Å². The fourth-order valence-corrected chi connectivity index (χ4v) is 3.89. The first-order valence-corrected chi connectivity index (χ1v) is 11.0. The van der Waals surface area contributed by atoms with Crippen molar-refractivity contribution in [1.29, 1.82) is 0 Å². The van der Waals surface area contributed by atoms with Crippen LogP contribution in [0.15, 0.2) is 42.1 Å². The third-order valence-electron chi connectivity index (χ3n) is 3.17. The number of hydrogen-bond donors (Lipinski definition) is 1. The molecule has 1 rings (SSSR count). The van der Waals surface area contributed by atoms with Gasteiger partial charge >= 0.3 is 12.1 Å². The van der Waals surface area contributed by atoms with E-state index in [1.807, 2.05) is 24.3 Å². The summed E-state index contributed by atoms with van der Waals surface area (Å²) in [5.41, 5.74) is 1.54. The summed E-state index contributed by atoms with van der Waals surface area (Å²) < 4.78 is 10.1. The van der Waals surface area contributed by atoms with E-state index in [9.17, 15) is 9.59 Å². The van der Waals surface area contributed by atoms with Crippen molar-refractivity contribution < 1.29 is 19.1 Å². The smallest absolute Gasteiger partial charge is 0.408 e. The first-order valence-electron chi connectivity index (χ1n) is 7.96. The number of hydrogen-bond acceptors (Lipinski definition) is 4. The van der Waals surface area contributed by atoms with Crippen LogP contribution >= 0.6 is 0 Å². The minimum atomic E-state index is -1.68. The summed E-state index contributed by atoms with van der Waals surface area (Å²) in [4.78, 5) is 23.0. The SMILES string of the molecule is CC(C)(C)OC(=O)NCC(=O)OC/C=C/[Si](C)(C)c1ccccc1. The molecule has 0 radical (unpaired) electrons. The van der Waals surface area contributed by atoms with Crippen LogP contribution in [0, 0.1) is 0 Å². The third kappa shape index (κ3) is 7.96. The van der Waals surface area contributed by atoms with Gasteiger partial charge in [-0.15, -0.1) is 0 Å². The predicted molar refractivity (Wildman–Crippen MR) is 97.9 cm³/mol. The minimum Gasteiger partial charge on any atom is -0.460 e. The topological polar surface area (TPSA) is 64.6 Å². The van der Waals surface area contributed by atoms with Gasteiger partial charge in [0, 0.05) is 0 Å². The first kappa shape index (κ1) is 20.0. The number of carbonyl (C=O) groups excluding carboxylic acids is 2. The first-order chi connectivity index (χ1) is 11.1. The molecule has 0 heterocycles. The average Bonchev–Trinajstić information content (AvgIpc) is 2.49. The van der Waals surface area contributed by atoms with Crippen molar-refractivity contribution in [2.75, 3.05) is 13.2 Å². The second kappa shape index (κ2) is 8.68. The molecule has 1 amide bonds.